The van der Waals surface area contributed by atoms with E-state index >= 15 is 0 Å². The van der Waals surface area contributed by atoms with E-state index in [1.165, 1.54) is 13.3 Å². The lowest BCUT2D eigenvalue weighted by molar-refractivity contribution is -0.240. The molecule has 0 aromatic heterocycles. The molecule has 7 nitrogen and oxygen atoms in total. The predicted molar refractivity (Wildman–Crippen MR) is 131 cm³/mol. The highest BCUT2D eigenvalue weighted by Crippen LogP contribution is 2.29. The van der Waals surface area contributed by atoms with Crippen LogP contribution in [0.25, 0.3) is 0 Å². The molecule has 0 saturated carbocycles. The Morgan fingerprint density at radius 1 is 0.886 bits per heavy atom. The van der Waals surface area contributed by atoms with Gasteiger partial charge in [-0.25, -0.2) is 0 Å². The summed E-state index contributed by atoms with van der Waals surface area (Å²) in [5.74, 6) is -0.227. The highest BCUT2D eigenvalue weighted by Gasteiger charge is 2.41. The zero-order chi connectivity index (χ0) is 24.3. The maximum absolute atomic E-state index is 13.0. The van der Waals surface area contributed by atoms with E-state index in [1.54, 1.807) is 0 Å². The molecule has 0 aliphatic carbocycles. The first-order chi connectivity index (χ1) is 17.2. The van der Waals surface area contributed by atoms with Crippen molar-refractivity contribution in [3.8, 4) is 0 Å². The molecule has 4 atom stereocenters. The van der Waals surface area contributed by atoms with E-state index in [-0.39, 0.29) is 19.0 Å². The number of hydrogen-bond acceptors (Lipinski definition) is 7. The van der Waals surface area contributed by atoms with Crippen molar-refractivity contribution in [2.45, 2.75) is 37.8 Å². The summed E-state index contributed by atoms with van der Waals surface area (Å²) in [6.45, 7) is 0.468. The van der Waals surface area contributed by atoms with Crippen LogP contribution in [0.3, 0.4) is 0 Å². The van der Waals surface area contributed by atoms with Crippen molar-refractivity contribution in [2.75, 3.05) is 13.7 Å². The monoisotopic (exact) mass is 475 g/mol. The van der Waals surface area contributed by atoms with Gasteiger partial charge in [-0.1, -0.05) is 96.2 Å². The second-order valence-corrected chi connectivity index (χ2v) is 8.04. The van der Waals surface area contributed by atoms with Gasteiger partial charge in [-0.05, 0) is 11.1 Å². The fourth-order valence-electron chi connectivity index (χ4n) is 3.77. The maximum atomic E-state index is 13.0. The van der Waals surface area contributed by atoms with Crippen LogP contribution in [-0.4, -0.2) is 44.0 Å². The van der Waals surface area contributed by atoms with Crippen LogP contribution in [0.1, 0.15) is 23.0 Å². The normalized spacial score (nSPS) is 20.0. The molecule has 0 radical (unpaired) electrons. The lowest BCUT2D eigenvalue weighted by atomic mass is 10.0. The van der Waals surface area contributed by atoms with E-state index in [0.717, 1.165) is 16.7 Å². The Labute approximate surface area is 205 Å². The van der Waals surface area contributed by atoms with Crippen molar-refractivity contribution in [3.63, 3.8) is 0 Å². The third-order valence-electron chi connectivity index (χ3n) is 5.54. The van der Waals surface area contributed by atoms with Gasteiger partial charge in [0, 0.05) is 5.56 Å². The minimum Gasteiger partial charge on any atom is -0.399 e. The minimum atomic E-state index is -0.929. The van der Waals surface area contributed by atoms with Gasteiger partial charge in [0.15, 0.2) is 18.2 Å². The van der Waals surface area contributed by atoms with E-state index in [4.69, 9.17) is 23.8 Å². The first-order valence-electron chi connectivity index (χ1n) is 11.5. The summed E-state index contributed by atoms with van der Waals surface area (Å²) in [6.07, 6.45) is -1.64. The van der Waals surface area contributed by atoms with Crippen LogP contribution >= 0.6 is 0 Å². The van der Waals surface area contributed by atoms with Crippen LogP contribution in [0.4, 0.5) is 0 Å². The molecule has 1 heterocycles. The van der Waals surface area contributed by atoms with Crippen LogP contribution < -0.4 is 0 Å². The number of benzene rings is 3. The number of hydrogen-bond donors (Lipinski definition) is 0. The number of rotatable bonds is 11. The summed E-state index contributed by atoms with van der Waals surface area (Å²) < 4.78 is 24.3. The quantitative estimate of drug-likeness (QED) is 0.301. The second kappa shape index (κ2) is 12.9. The van der Waals surface area contributed by atoms with Crippen molar-refractivity contribution in [1.82, 2.24) is 0 Å². The average molecular weight is 476 g/mol. The molecule has 182 valence electrons. The molecule has 35 heavy (non-hydrogen) atoms. The van der Waals surface area contributed by atoms with Crippen molar-refractivity contribution < 1.29 is 28.6 Å². The van der Waals surface area contributed by atoms with Gasteiger partial charge in [0.05, 0.1) is 19.4 Å². The number of nitrogens with zero attached hydrogens (tertiary/aromatic N) is 1. The SMILES string of the molecule is CO/N=C/[C@H](OCc1ccccc1)[C@@H](OCc1ccccc1)[C@@H]1O[C@H](c2ccccc2)OCC1=O. The van der Waals surface area contributed by atoms with Gasteiger partial charge in [-0.2, -0.15) is 0 Å². The highest BCUT2D eigenvalue weighted by atomic mass is 16.7. The number of oxime groups is 1. The molecule has 0 spiro atoms. The first-order valence-corrected chi connectivity index (χ1v) is 11.5. The summed E-state index contributed by atoms with van der Waals surface area (Å²) in [7, 11) is 1.45. The largest absolute Gasteiger partial charge is 0.399 e. The van der Waals surface area contributed by atoms with Crippen LogP contribution in [0.2, 0.25) is 0 Å². The van der Waals surface area contributed by atoms with Crippen molar-refractivity contribution in [3.05, 3.63) is 108 Å². The molecule has 1 aliphatic rings. The summed E-state index contributed by atoms with van der Waals surface area (Å²) >= 11 is 0. The Morgan fingerprint density at radius 2 is 1.46 bits per heavy atom. The molecule has 7 heteroatoms. The van der Waals surface area contributed by atoms with E-state index in [2.05, 4.69) is 5.16 Å². The van der Waals surface area contributed by atoms with Gasteiger partial charge >= 0.3 is 0 Å². The lowest BCUT2D eigenvalue weighted by Gasteiger charge is -2.36. The van der Waals surface area contributed by atoms with E-state index in [9.17, 15) is 4.79 Å². The summed E-state index contributed by atoms with van der Waals surface area (Å²) in [5.41, 5.74) is 2.76. The first kappa shape index (κ1) is 24.8. The molecular weight excluding hydrogens is 446 g/mol. The topological polar surface area (TPSA) is 75.6 Å². The number of Topliss-reactive ketones (excluding diaryl/α,β-unsaturated/α-hetero) is 1. The van der Waals surface area contributed by atoms with Gasteiger partial charge < -0.3 is 23.8 Å². The molecule has 0 bridgehead atoms. The summed E-state index contributed by atoms with van der Waals surface area (Å²) in [4.78, 5) is 17.9. The molecular formula is C28H29NO6. The van der Waals surface area contributed by atoms with Gasteiger partial charge in [0.2, 0.25) is 0 Å². The number of carbonyl (C=O) groups is 1. The summed E-state index contributed by atoms with van der Waals surface area (Å²) in [6, 6.07) is 29.0. The number of ether oxygens (including phenoxy) is 4. The predicted octanol–water partition coefficient (Wildman–Crippen LogP) is 4.47. The highest BCUT2D eigenvalue weighted by molar-refractivity contribution is 5.86. The Morgan fingerprint density at radius 3 is 2.06 bits per heavy atom. The van der Waals surface area contributed by atoms with Gasteiger partial charge in [0.25, 0.3) is 0 Å². The molecule has 1 saturated heterocycles. The smallest absolute Gasteiger partial charge is 0.190 e. The van der Waals surface area contributed by atoms with Crippen LogP contribution in [0.15, 0.2) is 96.2 Å². The van der Waals surface area contributed by atoms with E-state index < -0.39 is 24.6 Å². The van der Waals surface area contributed by atoms with Crippen molar-refractivity contribution >= 4 is 12.0 Å². The second-order valence-electron chi connectivity index (χ2n) is 8.04. The standard InChI is InChI=1S/C28H29NO6/c1-31-29-17-25(32-18-21-11-5-2-6-12-21)27(33-19-22-13-7-3-8-14-22)26-24(30)20-34-28(35-26)23-15-9-4-10-16-23/h2-17,25-28H,18-20H2,1H3/b29-17+/t25-,26+,27+,28+/m0/s1. The molecule has 0 N–H and O–H groups in total. The van der Waals surface area contributed by atoms with Crippen LogP contribution in [0, 0.1) is 0 Å². The average Bonchev–Trinajstić information content (AvgIpc) is 2.92. The molecule has 3 aromatic carbocycles. The van der Waals surface area contributed by atoms with Gasteiger partial charge in [0.1, 0.15) is 25.9 Å². The van der Waals surface area contributed by atoms with Gasteiger partial charge in [-0.15, -0.1) is 0 Å². The minimum absolute atomic E-state index is 0.0950. The zero-order valence-electron chi connectivity index (χ0n) is 19.6. The third kappa shape index (κ3) is 7.07. The van der Waals surface area contributed by atoms with E-state index in [1.807, 2.05) is 91.0 Å². The lowest BCUT2D eigenvalue weighted by Crippen LogP contribution is -2.51. The molecule has 4 rings (SSSR count). The molecule has 1 aliphatic heterocycles. The summed E-state index contributed by atoms with van der Waals surface area (Å²) in [5, 5.41) is 3.93. The Bertz CT molecular complexity index is 1060. The molecule has 0 unspecified atom stereocenters. The fourth-order valence-corrected chi connectivity index (χ4v) is 3.77. The molecule has 1 fully saturated rings. The maximum Gasteiger partial charge on any atom is 0.190 e. The van der Waals surface area contributed by atoms with Crippen molar-refractivity contribution in [2.24, 2.45) is 5.16 Å². The Kier molecular flexibility index (Phi) is 9.14. The number of carbonyl (C=O) groups excluding carboxylic acids is 1. The van der Waals surface area contributed by atoms with E-state index in [0.29, 0.717) is 6.61 Å². The van der Waals surface area contributed by atoms with Crippen LogP contribution in [0.5, 0.6) is 0 Å². The third-order valence-corrected chi connectivity index (χ3v) is 5.54. The van der Waals surface area contributed by atoms with Crippen molar-refractivity contribution in [1.29, 1.82) is 0 Å². The Balaban J connectivity index is 1.59. The van der Waals surface area contributed by atoms with Gasteiger partial charge in [-0.3, -0.25) is 4.79 Å². The fraction of sp³-hybridized carbons (Fsp3) is 0.286. The zero-order valence-corrected chi connectivity index (χ0v) is 19.6. The Hall–Kier alpha value is -3.36. The number of ketones is 1. The molecule has 3 aromatic rings. The molecule has 0 amide bonds. The van der Waals surface area contributed by atoms with Crippen LogP contribution in [-0.2, 0) is 41.8 Å².